The number of carboxylic acid groups (broad SMARTS) is 2. The Hall–Kier alpha value is -1.92. The van der Waals surface area contributed by atoms with Gasteiger partial charge in [0.25, 0.3) is 0 Å². The predicted octanol–water partition coefficient (Wildman–Crippen LogP) is 1.84. The van der Waals surface area contributed by atoms with E-state index in [2.05, 4.69) is 4.74 Å². The first kappa shape index (κ1) is 19.1. The van der Waals surface area contributed by atoms with Crippen LogP contribution in [0.25, 0.3) is 0 Å². The van der Waals surface area contributed by atoms with Crippen molar-refractivity contribution < 1.29 is 34.1 Å². The molecule has 0 radical (unpaired) electrons. The monoisotopic (exact) mass is 302 g/mol. The third-order valence-electron chi connectivity index (χ3n) is 3.06. The lowest BCUT2D eigenvalue weighted by Gasteiger charge is -2.13. The lowest BCUT2D eigenvalue weighted by molar-refractivity contribution is -0.171. The van der Waals surface area contributed by atoms with Crippen molar-refractivity contribution in [1.29, 1.82) is 0 Å². The lowest BCUT2D eigenvalue weighted by Crippen LogP contribution is -2.33. The van der Waals surface area contributed by atoms with Crippen LogP contribution in [0.1, 0.15) is 52.4 Å². The molecule has 0 saturated carbocycles. The number of carboxylic acids is 2. The number of ether oxygens (including phenoxy) is 1. The fraction of sp³-hybridized carbons (Fsp3) is 0.714. The molecule has 0 aromatic rings. The van der Waals surface area contributed by atoms with E-state index < -0.39 is 35.7 Å². The van der Waals surface area contributed by atoms with Crippen LogP contribution in [0, 0.1) is 11.8 Å². The van der Waals surface area contributed by atoms with Crippen molar-refractivity contribution in [2.24, 2.45) is 11.8 Å². The maximum atomic E-state index is 11.7. The second kappa shape index (κ2) is 9.90. The Kier molecular flexibility index (Phi) is 9.00. The van der Waals surface area contributed by atoms with Crippen LogP contribution in [-0.2, 0) is 23.9 Å². The average Bonchev–Trinajstić information content (AvgIpc) is 2.38. The highest BCUT2D eigenvalue weighted by Gasteiger charge is 2.34. The van der Waals surface area contributed by atoms with E-state index in [0.29, 0.717) is 25.7 Å². The minimum absolute atomic E-state index is 0.0602. The molecule has 0 aliphatic heterocycles. The number of unbranched alkanes of at least 4 members (excludes halogenated alkanes) is 2. The van der Waals surface area contributed by atoms with Gasteiger partial charge in [-0.2, -0.15) is 0 Å². The summed E-state index contributed by atoms with van der Waals surface area (Å²) in [6.45, 7) is 3.67. The number of esters is 2. The molecule has 0 heterocycles. The summed E-state index contributed by atoms with van der Waals surface area (Å²) < 4.78 is 4.45. The molecule has 2 unspecified atom stereocenters. The molecule has 0 spiro atoms. The quantitative estimate of drug-likeness (QED) is 0.467. The molecule has 0 aliphatic carbocycles. The van der Waals surface area contributed by atoms with E-state index in [9.17, 15) is 19.2 Å². The minimum atomic E-state index is -1.44. The van der Waals surface area contributed by atoms with Gasteiger partial charge in [0, 0.05) is 0 Å². The predicted molar refractivity (Wildman–Crippen MR) is 72.4 cm³/mol. The van der Waals surface area contributed by atoms with Gasteiger partial charge in [0.05, 0.1) is 0 Å². The van der Waals surface area contributed by atoms with Gasteiger partial charge in [-0.25, -0.2) is 0 Å². The summed E-state index contributed by atoms with van der Waals surface area (Å²) in [5, 5.41) is 17.9. The van der Waals surface area contributed by atoms with E-state index in [1.54, 1.807) is 0 Å². The molecule has 120 valence electrons. The molecule has 0 amide bonds. The second-order valence-electron chi connectivity index (χ2n) is 4.81. The number of carbonyl (C=O) groups excluding carboxylic acids is 2. The summed E-state index contributed by atoms with van der Waals surface area (Å²) in [5.41, 5.74) is 0. The fourth-order valence-electron chi connectivity index (χ4n) is 1.74. The van der Waals surface area contributed by atoms with E-state index in [1.807, 2.05) is 13.8 Å². The summed E-state index contributed by atoms with van der Waals surface area (Å²) in [5.74, 6) is -8.00. The highest BCUT2D eigenvalue weighted by atomic mass is 16.6. The van der Waals surface area contributed by atoms with Crippen LogP contribution in [0.15, 0.2) is 0 Å². The first-order chi connectivity index (χ1) is 9.84. The van der Waals surface area contributed by atoms with Gasteiger partial charge in [-0.05, 0) is 12.8 Å². The first-order valence-corrected chi connectivity index (χ1v) is 7.06. The average molecular weight is 302 g/mol. The Morgan fingerprint density at radius 2 is 1.14 bits per heavy atom. The molecule has 0 rings (SSSR count). The number of aliphatic carboxylic acids is 2. The smallest absolute Gasteiger partial charge is 0.327 e. The fourth-order valence-corrected chi connectivity index (χ4v) is 1.74. The number of rotatable bonds is 10. The Balaban J connectivity index is 4.73. The topological polar surface area (TPSA) is 118 Å². The van der Waals surface area contributed by atoms with Gasteiger partial charge in [-0.1, -0.05) is 39.5 Å². The van der Waals surface area contributed by atoms with Crippen molar-refractivity contribution in [3.63, 3.8) is 0 Å². The Morgan fingerprint density at radius 3 is 1.38 bits per heavy atom. The van der Waals surface area contributed by atoms with Gasteiger partial charge in [0.1, 0.15) is 0 Å². The molecule has 21 heavy (non-hydrogen) atoms. The molecular weight excluding hydrogens is 280 g/mol. The second-order valence-corrected chi connectivity index (χ2v) is 4.81. The van der Waals surface area contributed by atoms with Crippen LogP contribution in [-0.4, -0.2) is 34.1 Å². The normalized spacial score (nSPS) is 13.2. The van der Waals surface area contributed by atoms with Crippen LogP contribution in [0.5, 0.6) is 0 Å². The number of hydrogen-bond acceptors (Lipinski definition) is 5. The summed E-state index contributed by atoms with van der Waals surface area (Å²) >= 11 is 0. The molecule has 2 atom stereocenters. The van der Waals surface area contributed by atoms with Crippen molar-refractivity contribution in [3.8, 4) is 0 Å². The Morgan fingerprint density at radius 1 is 0.810 bits per heavy atom. The lowest BCUT2D eigenvalue weighted by atomic mass is 10.0. The molecular formula is C14H22O7. The summed E-state index contributed by atoms with van der Waals surface area (Å²) in [4.78, 5) is 45.3. The van der Waals surface area contributed by atoms with Gasteiger partial charge in [0.15, 0.2) is 11.8 Å². The third-order valence-corrected chi connectivity index (χ3v) is 3.06. The summed E-state index contributed by atoms with van der Waals surface area (Å²) in [6.07, 6.45) is 2.50. The van der Waals surface area contributed by atoms with Crippen molar-refractivity contribution in [3.05, 3.63) is 0 Å². The van der Waals surface area contributed by atoms with Crippen molar-refractivity contribution >= 4 is 23.9 Å². The van der Waals surface area contributed by atoms with Gasteiger partial charge in [-0.15, -0.1) is 0 Å². The maximum Gasteiger partial charge on any atom is 0.327 e. The number of carbonyl (C=O) groups is 4. The van der Waals surface area contributed by atoms with Crippen molar-refractivity contribution in [2.75, 3.05) is 0 Å². The minimum Gasteiger partial charge on any atom is -0.481 e. The first-order valence-electron chi connectivity index (χ1n) is 7.06. The third kappa shape index (κ3) is 6.87. The molecule has 0 bridgehead atoms. The standard InChI is InChI=1S/C14H22O7/c1-3-5-7-9(11(15)16)13(19)21-14(20)10(12(17)18)8-6-4-2/h9-10H,3-8H2,1-2H3,(H,15,16)(H,17,18). The molecule has 7 heteroatoms. The van der Waals surface area contributed by atoms with Gasteiger partial charge >= 0.3 is 23.9 Å². The van der Waals surface area contributed by atoms with Crippen LogP contribution >= 0.6 is 0 Å². The van der Waals surface area contributed by atoms with E-state index >= 15 is 0 Å². The van der Waals surface area contributed by atoms with E-state index in [4.69, 9.17) is 10.2 Å². The SMILES string of the molecule is CCCCC(C(=O)O)C(=O)OC(=O)C(CCCC)C(=O)O. The highest BCUT2D eigenvalue weighted by molar-refractivity contribution is 6.02. The zero-order valence-corrected chi connectivity index (χ0v) is 12.3. The largest absolute Gasteiger partial charge is 0.481 e. The van der Waals surface area contributed by atoms with Crippen molar-refractivity contribution in [2.45, 2.75) is 52.4 Å². The zero-order chi connectivity index (χ0) is 16.4. The van der Waals surface area contributed by atoms with Crippen LogP contribution in [0.3, 0.4) is 0 Å². The summed E-state index contributed by atoms with van der Waals surface area (Å²) in [6, 6.07) is 0. The van der Waals surface area contributed by atoms with E-state index in [0.717, 1.165) is 0 Å². The van der Waals surface area contributed by atoms with Crippen LogP contribution in [0.2, 0.25) is 0 Å². The molecule has 0 aliphatic rings. The molecule has 0 fully saturated rings. The zero-order valence-electron chi connectivity index (χ0n) is 12.3. The summed E-state index contributed by atoms with van der Waals surface area (Å²) in [7, 11) is 0. The van der Waals surface area contributed by atoms with Crippen molar-refractivity contribution in [1.82, 2.24) is 0 Å². The van der Waals surface area contributed by atoms with Gasteiger partial charge in [0.2, 0.25) is 0 Å². The van der Waals surface area contributed by atoms with Crippen LogP contribution < -0.4 is 0 Å². The molecule has 2 N–H and O–H groups in total. The van der Waals surface area contributed by atoms with E-state index in [1.165, 1.54) is 0 Å². The molecule has 7 nitrogen and oxygen atoms in total. The molecule has 0 saturated heterocycles. The van der Waals surface area contributed by atoms with Gasteiger partial charge in [-0.3, -0.25) is 19.2 Å². The number of hydrogen-bond donors (Lipinski definition) is 2. The maximum absolute atomic E-state index is 11.7. The Labute approximate surface area is 123 Å². The van der Waals surface area contributed by atoms with Crippen LogP contribution in [0.4, 0.5) is 0 Å². The molecule has 0 aromatic heterocycles. The van der Waals surface area contributed by atoms with Gasteiger partial charge < -0.3 is 14.9 Å². The Bertz CT molecular complexity index is 353. The highest BCUT2D eigenvalue weighted by Crippen LogP contribution is 2.15. The van der Waals surface area contributed by atoms with E-state index in [-0.39, 0.29) is 12.8 Å². The molecule has 0 aromatic carbocycles.